The highest BCUT2D eigenvalue weighted by molar-refractivity contribution is 7.89. The van der Waals surface area contributed by atoms with Gasteiger partial charge in [0.25, 0.3) is 10.1 Å². The number of rotatable bonds is 5. The van der Waals surface area contributed by atoms with Gasteiger partial charge in [-0.2, -0.15) is 8.42 Å². The lowest BCUT2D eigenvalue weighted by atomic mass is 9.59. The minimum Gasteiger partial charge on any atom is -0.285 e. The fourth-order valence-corrected chi connectivity index (χ4v) is 6.15. The largest absolute Gasteiger partial charge is 0.285 e. The van der Waals surface area contributed by atoms with Gasteiger partial charge >= 0.3 is 0 Å². The molecule has 140 valence electrons. The topological polar surface area (TPSA) is 109 Å². The van der Waals surface area contributed by atoms with E-state index in [9.17, 15) is 21.6 Å². The van der Waals surface area contributed by atoms with Crippen molar-refractivity contribution in [1.82, 2.24) is 4.31 Å². The third-order valence-corrected chi connectivity index (χ3v) is 7.16. The molecular formula is C15H27NO6S2. The van der Waals surface area contributed by atoms with Gasteiger partial charge in [0, 0.05) is 5.41 Å². The Hall–Kier alpha value is -0.670. The summed E-state index contributed by atoms with van der Waals surface area (Å²) in [5.41, 5.74) is -0.796. The Morgan fingerprint density at radius 1 is 1.12 bits per heavy atom. The molecule has 0 heterocycles. The molecule has 2 aliphatic carbocycles. The molecule has 2 fully saturated rings. The summed E-state index contributed by atoms with van der Waals surface area (Å²) < 4.78 is 55.4. The van der Waals surface area contributed by atoms with E-state index in [1.54, 1.807) is 6.92 Å². The van der Waals surface area contributed by atoms with Crippen molar-refractivity contribution in [2.75, 3.05) is 18.6 Å². The molecule has 0 aliphatic heterocycles. The summed E-state index contributed by atoms with van der Waals surface area (Å²) in [7, 11) is -8.24. The summed E-state index contributed by atoms with van der Waals surface area (Å²) in [6.07, 6.45) is 5.32. The Labute approximate surface area is 144 Å². The zero-order chi connectivity index (χ0) is 18.3. The van der Waals surface area contributed by atoms with E-state index in [1.807, 2.05) is 0 Å². The average molecular weight is 382 g/mol. The van der Waals surface area contributed by atoms with Crippen LogP contribution >= 0.6 is 0 Å². The minimum absolute atomic E-state index is 0.407. The second-order valence-corrected chi connectivity index (χ2v) is 11.4. The fourth-order valence-electron chi connectivity index (χ4n) is 4.68. The number of hydrogen-bond acceptors (Lipinski definition) is 5. The molecule has 2 saturated carbocycles. The minimum atomic E-state index is -4.34. The first-order valence-electron chi connectivity index (χ1n) is 8.27. The zero-order valence-electron chi connectivity index (χ0n) is 14.4. The maximum Gasteiger partial charge on any atom is 0.266 e. The molecule has 9 heteroatoms. The summed E-state index contributed by atoms with van der Waals surface area (Å²) in [6, 6.07) is 0. The van der Waals surface area contributed by atoms with Crippen molar-refractivity contribution < 1.29 is 26.2 Å². The van der Waals surface area contributed by atoms with Gasteiger partial charge in [-0.15, -0.1) is 0 Å². The van der Waals surface area contributed by atoms with Crippen LogP contribution in [0.1, 0.15) is 46.0 Å². The molecule has 7 nitrogen and oxygen atoms in total. The van der Waals surface area contributed by atoms with Crippen LogP contribution in [-0.2, 0) is 24.9 Å². The molecule has 2 unspecified atom stereocenters. The predicted molar refractivity (Wildman–Crippen MR) is 90.3 cm³/mol. The Morgan fingerprint density at radius 2 is 1.62 bits per heavy atom. The van der Waals surface area contributed by atoms with Crippen molar-refractivity contribution in [3.8, 4) is 0 Å². The molecule has 2 rings (SSSR count). The number of carbonyl (C=O) groups is 1. The summed E-state index contributed by atoms with van der Waals surface area (Å²) >= 11 is 0. The van der Waals surface area contributed by atoms with E-state index in [-0.39, 0.29) is 0 Å². The molecule has 2 bridgehead atoms. The number of carbonyl (C=O) groups excluding carboxylic acids is 1. The smallest absolute Gasteiger partial charge is 0.266 e. The van der Waals surface area contributed by atoms with E-state index in [0.717, 1.165) is 25.5 Å². The highest BCUT2D eigenvalue weighted by Gasteiger charge is 2.48. The van der Waals surface area contributed by atoms with Gasteiger partial charge in [-0.25, -0.2) is 12.7 Å². The predicted octanol–water partition coefficient (Wildman–Crippen LogP) is 1.51. The van der Waals surface area contributed by atoms with E-state index in [4.69, 9.17) is 4.55 Å². The molecule has 0 aromatic heterocycles. The van der Waals surface area contributed by atoms with Gasteiger partial charge in [-0.05, 0) is 49.9 Å². The lowest BCUT2D eigenvalue weighted by Crippen LogP contribution is -2.50. The Bertz CT molecular complexity index is 681. The van der Waals surface area contributed by atoms with E-state index in [1.165, 1.54) is 0 Å². The maximum absolute atomic E-state index is 13.0. The summed E-state index contributed by atoms with van der Waals surface area (Å²) in [5, 5.41) is 0. The first-order valence-corrected chi connectivity index (χ1v) is 11.7. The van der Waals surface area contributed by atoms with Gasteiger partial charge in [0.15, 0.2) is 0 Å². The fraction of sp³-hybridized carbons (Fsp3) is 0.933. The SMILES string of the molecule is CC1CC2CC(C1)CC(C)(C(=O)N(CCS(=O)(=O)O)S(C)(=O)=O)C2. The van der Waals surface area contributed by atoms with E-state index < -0.39 is 43.8 Å². The molecule has 0 saturated heterocycles. The van der Waals surface area contributed by atoms with E-state index in [0.29, 0.717) is 34.9 Å². The summed E-state index contributed by atoms with van der Waals surface area (Å²) in [4.78, 5) is 13.0. The van der Waals surface area contributed by atoms with Crippen LogP contribution in [-0.4, -0.2) is 50.2 Å². The van der Waals surface area contributed by atoms with Crippen molar-refractivity contribution in [3.63, 3.8) is 0 Å². The third kappa shape index (κ3) is 4.70. The lowest BCUT2D eigenvalue weighted by Gasteiger charge is -2.47. The van der Waals surface area contributed by atoms with Gasteiger partial charge < -0.3 is 0 Å². The van der Waals surface area contributed by atoms with Crippen molar-refractivity contribution in [2.45, 2.75) is 46.0 Å². The molecule has 2 atom stereocenters. The van der Waals surface area contributed by atoms with Crippen LogP contribution in [0, 0.1) is 23.2 Å². The van der Waals surface area contributed by atoms with Gasteiger partial charge in [-0.3, -0.25) is 9.35 Å². The van der Waals surface area contributed by atoms with Crippen LogP contribution in [0.5, 0.6) is 0 Å². The highest BCUT2D eigenvalue weighted by atomic mass is 32.2. The third-order valence-electron chi connectivity index (χ3n) is 5.31. The van der Waals surface area contributed by atoms with Crippen LogP contribution in [0.25, 0.3) is 0 Å². The van der Waals surface area contributed by atoms with Crippen molar-refractivity contribution in [2.24, 2.45) is 23.2 Å². The Balaban J connectivity index is 2.22. The number of sulfonamides is 1. The number of hydrogen-bond donors (Lipinski definition) is 1. The average Bonchev–Trinajstić information content (AvgIpc) is 2.33. The Morgan fingerprint density at radius 3 is 2.04 bits per heavy atom. The quantitative estimate of drug-likeness (QED) is 0.723. The summed E-state index contributed by atoms with van der Waals surface area (Å²) in [5.74, 6) is 0.108. The first kappa shape index (κ1) is 19.7. The molecule has 0 radical (unpaired) electrons. The molecule has 2 aliphatic rings. The van der Waals surface area contributed by atoms with Crippen molar-refractivity contribution in [1.29, 1.82) is 0 Å². The lowest BCUT2D eigenvalue weighted by molar-refractivity contribution is -0.141. The second-order valence-electron chi connectivity index (χ2n) is 7.94. The van der Waals surface area contributed by atoms with Crippen molar-refractivity contribution in [3.05, 3.63) is 0 Å². The summed E-state index contributed by atoms with van der Waals surface area (Å²) in [6.45, 7) is 3.45. The van der Waals surface area contributed by atoms with Crippen molar-refractivity contribution >= 4 is 26.0 Å². The molecule has 0 aromatic rings. The zero-order valence-corrected chi connectivity index (χ0v) is 16.1. The Kier molecular flexibility index (Phi) is 5.38. The molecule has 1 N–H and O–H groups in total. The highest BCUT2D eigenvalue weighted by Crippen LogP contribution is 2.51. The number of amides is 1. The molecule has 1 amide bonds. The van der Waals surface area contributed by atoms with Gasteiger partial charge in [-0.1, -0.05) is 13.8 Å². The molecule has 0 spiro atoms. The van der Waals surface area contributed by atoms with Crippen LogP contribution in [0.4, 0.5) is 0 Å². The van der Waals surface area contributed by atoms with Gasteiger partial charge in [0.2, 0.25) is 15.9 Å². The monoisotopic (exact) mass is 381 g/mol. The van der Waals surface area contributed by atoms with Crippen LogP contribution < -0.4 is 0 Å². The number of fused-ring (bicyclic) bond motifs is 2. The second kappa shape index (κ2) is 6.57. The first-order chi connectivity index (χ1) is 10.8. The van der Waals surface area contributed by atoms with E-state index in [2.05, 4.69) is 6.92 Å². The molecule has 0 aromatic carbocycles. The van der Waals surface area contributed by atoms with Gasteiger partial charge in [0.05, 0.1) is 18.6 Å². The van der Waals surface area contributed by atoms with Gasteiger partial charge in [0.1, 0.15) is 0 Å². The molecular weight excluding hydrogens is 354 g/mol. The maximum atomic E-state index is 13.0. The van der Waals surface area contributed by atoms with E-state index >= 15 is 0 Å². The molecule has 24 heavy (non-hydrogen) atoms. The standard InChI is InChI=1S/C15H27NO6S2/c1-11-6-12-8-13(7-11)10-15(2,9-12)14(17)16(23(3,18)19)4-5-24(20,21)22/h11-13H,4-10H2,1-3H3,(H,20,21,22). The normalized spacial score (nSPS) is 33.9. The number of nitrogens with zero attached hydrogens (tertiary/aromatic N) is 1. The van der Waals surface area contributed by atoms with Crippen LogP contribution in [0.2, 0.25) is 0 Å². The van der Waals surface area contributed by atoms with Crippen LogP contribution in [0.3, 0.4) is 0 Å². The van der Waals surface area contributed by atoms with Crippen LogP contribution in [0.15, 0.2) is 0 Å².